The number of hydrogen-bond donors (Lipinski definition) is 0. The molecule has 0 amide bonds. The minimum Gasteiger partial charge on any atom is -0.423 e. The molecule has 0 radical (unpaired) electrons. The van der Waals surface area contributed by atoms with Crippen LogP contribution < -0.4 is 9.81 Å². The summed E-state index contributed by atoms with van der Waals surface area (Å²) in [5.41, 5.74) is -0.837. The second-order valence-electron chi connectivity index (χ2n) is 4.74. The number of hydrogen-bond acceptors (Lipinski definition) is 6. The molecule has 0 unspecified atom stereocenters. The topological polar surface area (TPSA) is 97.4 Å². The van der Waals surface area contributed by atoms with Gasteiger partial charge in [0.05, 0.1) is 5.56 Å². The Hall–Kier alpha value is -3.18. The van der Waals surface area contributed by atoms with Gasteiger partial charge in [-0.05, 0) is 36.4 Å². The van der Waals surface area contributed by atoms with Crippen LogP contribution >= 0.6 is 0 Å². The Morgan fingerprint density at radius 3 is 2.58 bits per heavy atom. The van der Waals surface area contributed by atoms with Crippen LogP contribution in [0.2, 0.25) is 0 Å². The fourth-order valence-corrected chi connectivity index (χ4v) is 2.96. The van der Waals surface area contributed by atoms with Crippen LogP contribution in [0.1, 0.15) is 5.56 Å². The molecule has 0 aliphatic heterocycles. The molecule has 3 rings (SSSR count). The summed E-state index contributed by atoms with van der Waals surface area (Å²) in [7, 11) is -4.28. The quantitative estimate of drug-likeness (QED) is 0.534. The molecule has 6 nitrogen and oxygen atoms in total. The maximum Gasteiger partial charge on any atom is 0.339 e. The highest BCUT2D eigenvalue weighted by atomic mass is 32.2. The number of rotatable bonds is 3. The van der Waals surface area contributed by atoms with E-state index in [0.717, 1.165) is 18.2 Å². The van der Waals surface area contributed by atoms with Gasteiger partial charge in [-0.2, -0.15) is 13.7 Å². The summed E-state index contributed by atoms with van der Waals surface area (Å²) in [6.45, 7) is 0. The molecule has 0 saturated heterocycles. The van der Waals surface area contributed by atoms with Gasteiger partial charge in [-0.1, -0.05) is 0 Å². The van der Waals surface area contributed by atoms with Crippen LogP contribution in [0.4, 0.5) is 4.39 Å². The molecule has 0 spiro atoms. The minimum absolute atomic E-state index is 0.0836. The van der Waals surface area contributed by atoms with Crippen LogP contribution in [0.3, 0.4) is 0 Å². The van der Waals surface area contributed by atoms with Crippen molar-refractivity contribution in [2.24, 2.45) is 0 Å². The Morgan fingerprint density at radius 2 is 1.83 bits per heavy atom. The molecule has 1 heterocycles. The third-order valence-electron chi connectivity index (χ3n) is 3.15. The molecule has 0 N–H and O–H groups in total. The highest BCUT2D eigenvalue weighted by molar-refractivity contribution is 7.87. The van der Waals surface area contributed by atoms with Crippen molar-refractivity contribution in [2.75, 3.05) is 0 Å². The second kappa shape index (κ2) is 5.79. The Balaban J connectivity index is 2.00. The van der Waals surface area contributed by atoms with Crippen LogP contribution in [0.15, 0.2) is 62.6 Å². The van der Waals surface area contributed by atoms with E-state index < -0.39 is 27.1 Å². The number of halogens is 1. The largest absolute Gasteiger partial charge is 0.423 e. The maximum absolute atomic E-state index is 13.3. The minimum atomic E-state index is -4.28. The smallest absolute Gasteiger partial charge is 0.339 e. The van der Waals surface area contributed by atoms with Gasteiger partial charge in [0, 0.05) is 17.5 Å². The van der Waals surface area contributed by atoms with Gasteiger partial charge in [-0.3, -0.25) is 0 Å². The number of fused-ring (bicyclic) bond motifs is 1. The predicted molar refractivity (Wildman–Crippen MR) is 81.4 cm³/mol. The summed E-state index contributed by atoms with van der Waals surface area (Å²) in [6, 6.07) is 11.2. The molecule has 0 atom stereocenters. The standard InChI is InChI=1S/C16H8FNO5S/c17-14-5-4-13(7-11(14)9-18)24(20,21)23-12-3-1-10-2-6-16(19)22-15(10)8-12/h1-8H. The van der Waals surface area contributed by atoms with Gasteiger partial charge >= 0.3 is 15.7 Å². The Kier molecular flexibility index (Phi) is 3.79. The maximum atomic E-state index is 13.3. The lowest BCUT2D eigenvalue weighted by Crippen LogP contribution is -2.10. The monoisotopic (exact) mass is 345 g/mol. The van der Waals surface area contributed by atoms with Crippen LogP contribution in [-0.2, 0) is 10.1 Å². The van der Waals surface area contributed by atoms with Gasteiger partial charge in [0.2, 0.25) is 0 Å². The average Bonchev–Trinajstić information content (AvgIpc) is 2.54. The molecule has 0 fully saturated rings. The van der Waals surface area contributed by atoms with Crippen LogP contribution in [0, 0.1) is 17.1 Å². The first-order valence-corrected chi connectivity index (χ1v) is 7.98. The molecule has 0 saturated carbocycles. The first-order valence-electron chi connectivity index (χ1n) is 6.57. The van der Waals surface area contributed by atoms with E-state index in [1.165, 1.54) is 30.3 Å². The summed E-state index contributed by atoms with van der Waals surface area (Å²) in [5.74, 6) is -0.913. The van der Waals surface area contributed by atoms with E-state index in [1.54, 1.807) is 6.07 Å². The third-order valence-corrected chi connectivity index (χ3v) is 4.39. The number of nitriles is 1. The van der Waals surface area contributed by atoms with E-state index in [4.69, 9.17) is 13.9 Å². The summed E-state index contributed by atoms with van der Waals surface area (Å²) in [5, 5.41) is 9.37. The molecule has 0 bridgehead atoms. The van der Waals surface area contributed by atoms with Gasteiger partial charge in [0.1, 0.15) is 28.1 Å². The third kappa shape index (κ3) is 2.98. The molecule has 0 aliphatic rings. The SMILES string of the molecule is N#Cc1cc(S(=O)(=O)Oc2ccc3ccc(=O)oc3c2)ccc1F. The highest BCUT2D eigenvalue weighted by Gasteiger charge is 2.19. The van der Waals surface area contributed by atoms with E-state index in [-0.39, 0.29) is 16.2 Å². The first kappa shape index (κ1) is 15.7. The molecule has 0 aliphatic carbocycles. The van der Waals surface area contributed by atoms with Crippen molar-refractivity contribution in [3.05, 3.63) is 70.3 Å². The summed E-state index contributed by atoms with van der Waals surface area (Å²) in [4.78, 5) is 10.8. The second-order valence-corrected chi connectivity index (χ2v) is 6.29. The van der Waals surface area contributed by atoms with Crippen molar-refractivity contribution in [2.45, 2.75) is 4.90 Å². The lowest BCUT2D eigenvalue weighted by atomic mass is 10.2. The Morgan fingerprint density at radius 1 is 1.08 bits per heavy atom. The first-order chi connectivity index (χ1) is 11.4. The molecular weight excluding hydrogens is 337 g/mol. The molecule has 24 heavy (non-hydrogen) atoms. The van der Waals surface area contributed by atoms with Crippen LogP contribution in [-0.4, -0.2) is 8.42 Å². The fourth-order valence-electron chi connectivity index (χ4n) is 2.01. The van der Waals surface area contributed by atoms with Gasteiger partial charge < -0.3 is 8.60 Å². The van der Waals surface area contributed by atoms with Crippen molar-refractivity contribution in [3.8, 4) is 11.8 Å². The zero-order chi connectivity index (χ0) is 17.3. The number of nitrogens with zero attached hydrogens (tertiary/aromatic N) is 1. The zero-order valence-electron chi connectivity index (χ0n) is 11.9. The van der Waals surface area contributed by atoms with Crippen LogP contribution in [0.5, 0.6) is 5.75 Å². The molecule has 3 aromatic rings. The average molecular weight is 345 g/mol. The lowest BCUT2D eigenvalue weighted by molar-refractivity contribution is 0.484. The van der Waals surface area contributed by atoms with E-state index in [0.29, 0.717) is 5.39 Å². The van der Waals surface area contributed by atoms with Crippen molar-refractivity contribution in [1.29, 1.82) is 5.26 Å². The van der Waals surface area contributed by atoms with Gasteiger partial charge in [0.15, 0.2) is 0 Å². The van der Waals surface area contributed by atoms with Crippen molar-refractivity contribution >= 4 is 21.1 Å². The van der Waals surface area contributed by atoms with Crippen molar-refractivity contribution in [3.63, 3.8) is 0 Å². The molecular formula is C16H8FNO5S. The van der Waals surface area contributed by atoms with Gasteiger partial charge in [-0.25, -0.2) is 9.18 Å². The summed E-state index contributed by atoms with van der Waals surface area (Å²) in [6.07, 6.45) is 0. The summed E-state index contributed by atoms with van der Waals surface area (Å²) < 4.78 is 47.7. The van der Waals surface area contributed by atoms with E-state index in [1.807, 2.05) is 0 Å². The van der Waals surface area contributed by atoms with Crippen LogP contribution in [0.25, 0.3) is 11.0 Å². The molecule has 2 aromatic carbocycles. The van der Waals surface area contributed by atoms with Gasteiger partial charge in [0.25, 0.3) is 0 Å². The Bertz CT molecular complexity index is 1150. The van der Waals surface area contributed by atoms with E-state index in [2.05, 4.69) is 0 Å². The predicted octanol–water partition coefficient (Wildman–Crippen LogP) is 2.57. The fraction of sp³-hybridized carbons (Fsp3) is 0. The number of benzene rings is 2. The lowest BCUT2D eigenvalue weighted by Gasteiger charge is -2.08. The van der Waals surface area contributed by atoms with E-state index >= 15 is 0 Å². The highest BCUT2D eigenvalue weighted by Crippen LogP contribution is 2.24. The normalized spacial score (nSPS) is 11.2. The molecule has 8 heteroatoms. The van der Waals surface area contributed by atoms with Crippen molar-refractivity contribution < 1.29 is 21.4 Å². The zero-order valence-corrected chi connectivity index (χ0v) is 12.7. The van der Waals surface area contributed by atoms with E-state index in [9.17, 15) is 17.6 Å². The van der Waals surface area contributed by atoms with Gasteiger partial charge in [-0.15, -0.1) is 0 Å². The Labute approximate surface area is 135 Å². The molecule has 120 valence electrons. The summed E-state index contributed by atoms with van der Waals surface area (Å²) >= 11 is 0. The molecule has 1 aromatic heterocycles. The van der Waals surface area contributed by atoms with Crippen molar-refractivity contribution in [1.82, 2.24) is 0 Å².